The van der Waals surface area contributed by atoms with Crippen molar-refractivity contribution < 1.29 is 14.3 Å². The summed E-state index contributed by atoms with van der Waals surface area (Å²) in [6.07, 6.45) is 5.22. The van der Waals surface area contributed by atoms with Crippen molar-refractivity contribution >= 4 is 28.6 Å². The molecule has 1 saturated heterocycles. The molecule has 1 amide bonds. The third-order valence-electron chi connectivity index (χ3n) is 4.34. The van der Waals surface area contributed by atoms with Gasteiger partial charge in [-0.2, -0.15) is 5.10 Å². The van der Waals surface area contributed by atoms with Crippen LogP contribution in [0.5, 0.6) is 0 Å². The fourth-order valence-corrected chi connectivity index (χ4v) is 3.05. The zero-order valence-corrected chi connectivity index (χ0v) is 14.5. The van der Waals surface area contributed by atoms with Crippen LogP contribution in [0, 0.1) is 0 Å². The summed E-state index contributed by atoms with van der Waals surface area (Å²) < 4.78 is 6.95. The minimum Gasteiger partial charge on any atom is -0.462 e. The van der Waals surface area contributed by atoms with Crippen molar-refractivity contribution in [1.82, 2.24) is 20.1 Å². The quantitative estimate of drug-likeness (QED) is 0.801. The molecule has 0 aromatic carbocycles. The third-order valence-corrected chi connectivity index (χ3v) is 4.34. The highest BCUT2D eigenvalue weighted by atomic mass is 16.5. The molecule has 0 radical (unpaired) electrons. The molecule has 0 spiro atoms. The van der Waals surface area contributed by atoms with Crippen molar-refractivity contribution in [1.29, 1.82) is 0 Å². The number of carbonyl (C=O) groups is 2. The van der Waals surface area contributed by atoms with Gasteiger partial charge in [0, 0.05) is 31.7 Å². The SMILES string of the molecule is CCOC(=O)c1cnc2c(cnn2CC)c1NC1CCNC(=O)CC1. The summed E-state index contributed by atoms with van der Waals surface area (Å²) >= 11 is 0. The molecule has 25 heavy (non-hydrogen) atoms. The second-order valence-corrected chi connectivity index (χ2v) is 5.98. The number of hydrogen-bond acceptors (Lipinski definition) is 6. The Bertz CT molecular complexity index is 786. The standard InChI is InChI=1S/C17H23N5O3/c1-3-22-16-12(10-20-22)15(13(9-19-16)17(24)25-4-2)21-11-5-6-14(23)18-8-7-11/h9-11H,3-8H2,1-2H3,(H,18,23)(H,19,21). The number of amides is 1. The lowest BCUT2D eigenvalue weighted by atomic mass is 10.1. The molecule has 1 unspecified atom stereocenters. The Morgan fingerprint density at radius 2 is 2.24 bits per heavy atom. The van der Waals surface area contributed by atoms with Crippen molar-refractivity contribution in [2.24, 2.45) is 0 Å². The average Bonchev–Trinajstić information content (AvgIpc) is 2.92. The third kappa shape index (κ3) is 3.57. The maximum Gasteiger partial charge on any atom is 0.341 e. The molecule has 2 aromatic heterocycles. The van der Waals surface area contributed by atoms with Gasteiger partial charge in [-0.3, -0.25) is 4.79 Å². The predicted octanol–water partition coefficient (Wildman–Crippen LogP) is 1.71. The Morgan fingerprint density at radius 3 is 3.00 bits per heavy atom. The first-order valence-corrected chi connectivity index (χ1v) is 8.68. The number of fused-ring (bicyclic) bond motifs is 1. The summed E-state index contributed by atoms with van der Waals surface area (Å²) in [4.78, 5) is 28.3. The van der Waals surface area contributed by atoms with Crippen LogP contribution in [0.25, 0.3) is 11.0 Å². The van der Waals surface area contributed by atoms with Gasteiger partial charge in [0.25, 0.3) is 0 Å². The van der Waals surface area contributed by atoms with E-state index in [2.05, 4.69) is 20.7 Å². The van der Waals surface area contributed by atoms with Gasteiger partial charge in [-0.05, 0) is 26.7 Å². The maximum absolute atomic E-state index is 12.4. The molecule has 0 bridgehead atoms. The summed E-state index contributed by atoms with van der Waals surface area (Å²) in [6, 6.07) is 0.0858. The minimum atomic E-state index is -0.411. The van der Waals surface area contributed by atoms with E-state index in [0.717, 1.165) is 17.5 Å². The van der Waals surface area contributed by atoms with Crippen LogP contribution >= 0.6 is 0 Å². The van der Waals surface area contributed by atoms with Crippen molar-refractivity contribution in [2.45, 2.75) is 45.7 Å². The zero-order chi connectivity index (χ0) is 17.8. The number of anilines is 1. The Kier molecular flexibility index (Phi) is 5.16. The molecule has 3 rings (SSSR count). The Balaban J connectivity index is 1.99. The number of esters is 1. The number of ether oxygens (including phenoxy) is 1. The number of aryl methyl sites for hydroxylation is 1. The highest BCUT2D eigenvalue weighted by Gasteiger charge is 2.23. The molecule has 1 atom stereocenters. The number of hydrogen-bond donors (Lipinski definition) is 2. The fraction of sp³-hybridized carbons (Fsp3) is 0.529. The molecule has 8 heteroatoms. The maximum atomic E-state index is 12.4. The van der Waals surface area contributed by atoms with Gasteiger partial charge in [0.05, 0.1) is 23.9 Å². The van der Waals surface area contributed by atoms with Crippen LogP contribution in [0.15, 0.2) is 12.4 Å². The second kappa shape index (κ2) is 7.50. The van der Waals surface area contributed by atoms with Gasteiger partial charge in [0.1, 0.15) is 5.56 Å². The Morgan fingerprint density at radius 1 is 1.40 bits per heavy atom. The van der Waals surface area contributed by atoms with Crippen LogP contribution in [0.2, 0.25) is 0 Å². The Labute approximate surface area is 145 Å². The molecule has 3 heterocycles. The van der Waals surface area contributed by atoms with Crippen molar-refractivity contribution in [3.8, 4) is 0 Å². The lowest BCUT2D eigenvalue weighted by Gasteiger charge is -2.19. The van der Waals surface area contributed by atoms with E-state index in [9.17, 15) is 9.59 Å². The van der Waals surface area contributed by atoms with Gasteiger partial charge >= 0.3 is 5.97 Å². The van der Waals surface area contributed by atoms with Gasteiger partial charge in [-0.1, -0.05) is 0 Å². The smallest absolute Gasteiger partial charge is 0.341 e. The highest BCUT2D eigenvalue weighted by molar-refractivity contribution is 6.04. The molecule has 8 nitrogen and oxygen atoms in total. The number of rotatable bonds is 5. The van der Waals surface area contributed by atoms with Crippen LogP contribution in [0.1, 0.15) is 43.5 Å². The fourth-order valence-electron chi connectivity index (χ4n) is 3.05. The lowest BCUT2D eigenvalue weighted by Crippen LogP contribution is -2.24. The van der Waals surface area contributed by atoms with Crippen LogP contribution in [-0.4, -0.2) is 45.8 Å². The molecule has 0 aliphatic carbocycles. The summed E-state index contributed by atoms with van der Waals surface area (Å²) in [5.74, 6) is -0.347. The van der Waals surface area contributed by atoms with Gasteiger partial charge in [-0.15, -0.1) is 0 Å². The van der Waals surface area contributed by atoms with Crippen molar-refractivity contribution in [3.63, 3.8) is 0 Å². The van der Waals surface area contributed by atoms with E-state index in [-0.39, 0.29) is 11.9 Å². The molecule has 134 valence electrons. The number of aromatic nitrogens is 3. The predicted molar refractivity (Wildman–Crippen MR) is 93.4 cm³/mol. The van der Waals surface area contributed by atoms with E-state index in [1.165, 1.54) is 6.20 Å². The minimum absolute atomic E-state index is 0.0635. The number of pyridine rings is 1. The molecule has 1 aliphatic heterocycles. The molecular weight excluding hydrogens is 322 g/mol. The summed E-state index contributed by atoms with van der Waals surface area (Å²) in [7, 11) is 0. The van der Waals surface area contributed by atoms with Crippen LogP contribution in [0.3, 0.4) is 0 Å². The first-order valence-electron chi connectivity index (χ1n) is 8.68. The van der Waals surface area contributed by atoms with Gasteiger partial charge in [0.2, 0.25) is 5.91 Å². The number of nitrogens with one attached hydrogen (secondary N) is 2. The summed E-state index contributed by atoms with van der Waals surface area (Å²) in [6.45, 7) is 5.37. The number of carbonyl (C=O) groups excluding carboxylic acids is 2. The largest absolute Gasteiger partial charge is 0.462 e. The van der Waals surface area contributed by atoms with Gasteiger partial charge in [-0.25, -0.2) is 14.5 Å². The first-order chi connectivity index (χ1) is 12.1. The van der Waals surface area contributed by atoms with Gasteiger partial charge in [0.15, 0.2) is 5.65 Å². The van der Waals surface area contributed by atoms with Crippen LogP contribution < -0.4 is 10.6 Å². The molecule has 0 saturated carbocycles. The van der Waals surface area contributed by atoms with E-state index in [1.54, 1.807) is 17.8 Å². The monoisotopic (exact) mass is 345 g/mol. The Hall–Kier alpha value is -2.64. The van der Waals surface area contributed by atoms with E-state index in [0.29, 0.717) is 43.8 Å². The number of nitrogens with zero attached hydrogens (tertiary/aromatic N) is 3. The first kappa shape index (κ1) is 17.2. The van der Waals surface area contributed by atoms with Crippen LogP contribution in [0.4, 0.5) is 5.69 Å². The van der Waals surface area contributed by atoms with Crippen molar-refractivity contribution in [2.75, 3.05) is 18.5 Å². The summed E-state index contributed by atoms with van der Waals surface area (Å²) in [5.41, 5.74) is 1.80. The van der Waals surface area contributed by atoms with E-state index < -0.39 is 5.97 Å². The van der Waals surface area contributed by atoms with Crippen LogP contribution in [-0.2, 0) is 16.1 Å². The molecule has 2 aromatic rings. The second-order valence-electron chi connectivity index (χ2n) is 5.98. The van der Waals surface area contributed by atoms with Gasteiger partial charge < -0.3 is 15.4 Å². The molecule has 2 N–H and O–H groups in total. The highest BCUT2D eigenvalue weighted by Crippen LogP contribution is 2.28. The van der Waals surface area contributed by atoms with E-state index in [1.807, 2.05) is 6.92 Å². The zero-order valence-electron chi connectivity index (χ0n) is 14.5. The topological polar surface area (TPSA) is 98.1 Å². The van der Waals surface area contributed by atoms with E-state index in [4.69, 9.17) is 4.74 Å². The summed E-state index contributed by atoms with van der Waals surface area (Å²) in [5, 5.41) is 11.4. The van der Waals surface area contributed by atoms with Crippen molar-refractivity contribution in [3.05, 3.63) is 18.0 Å². The lowest BCUT2D eigenvalue weighted by molar-refractivity contribution is -0.120. The normalized spacial score (nSPS) is 17.8. The molecule has 1 aliphatic rings. The molecule has 1 fully saturated rings. The molecular formula is C17H23N5O3. The van der Waals surface area contributed by atoms with E-state index >= 15 is 0 Å². The average molecular weight is 345 g/mol.